The van der Waals surface area contributed by atoms with Gasteiger partial charge in [-0.05, 0) is 60.9 Å². The van der Waals surface area contributed by atoms with Crippen LogP contribution in [0, 0.1) is 5.82 Å². The van der Waals surface area contributed by atoms with Crippen molar-refractivity contribution in [2.75, 3.05) is 11.4 Å². The molecule has 4 aromatic heterocycles. The summed E-state index contributed by atoms with van der Waals surface area (Å²) in [5.74, 6) is 0.881. The molecule has 5 aromatic rings. The van der Waals surface area contributed by atoms with Gasteiger partial charge < -0.3 is 4.90 Å². The van der Waals surface area contributed by atoms with Gasteiger partial charge in [-0.3, -0.25) is 0 Å². The molecule has 12 heteroatoms. The van der Waals surface area contributed by atoms with E-state index in [1.807, 2.05) is 36.4 Å². The van der Waals surface area contributed by atoms with Crippen LogP contribution in [0.15, 0.2) is 73.1 Å². The van der Waals surface area contributed by atoms with Crippen molar-refractivity contribution in [3.05, 3.63) is 90.3 Å². The van der Waals surface area contributed by atoms with Crippen molar-refractivity contribution in [3.63, 3.8) is 0 Å². The summed E-state index contributed by atoms with van der Waals surface area (Å²) < 4.78 is 39.7. The zero-order valence-corrected chi connectivity index (χ0v) is 21.0. The molecule has 1 aliphatic rings. The third-order valence-corrected chi connectivity index (χ3v) is 6.89. The molecule has 10 nitrogen and oxygen atoms in total. The van der Waals surface area contributed by atoms with Gasteiger partial charge in [0.25, 0.3) is 0 Å². The molecule has 0 radical (unpaired) electrons. The van der Waals surface area contributed by atoms with E-state index in [1.165, 1.54) is 6.07 Å². The second kappa shape index (κ2) is 10.2. The van der Waals surface area contributed by atoms with E-state index in [9.17, 15) is 12.8 Å². The van der Waals surface area contributed by atoms with Crippen molar-refractivity contribution in [1.29, 1.82) is 0 Å². The highest BCUT2D eigenvalue weighted by Gasteiger charge is 2.28. The standard InChI is InChI=1S/C26H23FN8O2S/c27-18-5-1-4-17(14-18)22-8-3-13-34(22)26-10-9-25-29-15-23(35(25)33-26)21-7-2-6-19(31-21)20-11-12-28-24(32-20)16-30-38(36)37/h1-2,4-7,9-12,14-15,22,38H,3,8,13,16H2,(H,30,36,37). The van der Waals surface area contributed by atoms with Gasteiger partial charge >= 0.3 is 0 Å². The van der Waals surface area contributed by atoms with Crippen molar-refractivity contribution in [2.24, 2.45) is 0 Å². The van der Waals surface area contributed by atoms with Crippen molar-refractivity contribution >= 4 is 22.4 Å². The summed E-state index contributed by atoms with van der Waals surface area (Å²) in [6.07, 6.45) is 5.21. The second-order valence-corrected chi connectivity index (χ2v) is 9.70. The van der Waals surface area contributed by atoms with Gasteiger partial charge in [-0.1, -0.05) is 18.2 Å². The van der Waals surface area contributed by atoms with Gasteiger partial charge in [-0.15, -0.1) is 5.10 Å². The van der Waals surface area contributed by atoms with Crippen molar-refractivity contribution in [3.8, 4) is 22.8 Å². The molecule has 5 heterocycles. The number of anilines is 1. The first-order valence-electron chi connectivity index (χ1n) is 12.1. The molecule has 6 rings (SSSR count). The third-order valence-electron chi connectivity index (χ3n) is 6.47. The Balaban J connectivity index is 1.34. The van der Waals surface area contributed by atoms with E-state index >= 15 is 0 Å². The van der Waals surface area contributed by atoms with Crippen molar-refractivity contribution in [2.45, 2.75) is 25.4 Å². The molecule has 1 aliphatic heterocycles. The van der Waals surface area contributed by atoms with Crippen molar-refractivity contribution < 1.29 is 12.8 Å². The van der Waals surface area contributed by atoms with E-state index in [4.69, 9.17) is 10.1 Å². The molecule has 1 N–H and O–H groups in total. The topological polar surface area (TPSA) is 118 Å². The predicted octanol–water partition coefficient (Wildman–Crippen LogP) is 3.34. The third kappa shape index (κ3) is 4.83. The fourth-order valence-corrected chi connectivity index (χ4v) is 5.05. The Hall–Kier alpha value is -4.29. The number of hydrogen-bond donors (Lipinski definition) is 2. The molecule has 192 valence electrons. The number of hydrogen-bond acceptors (Lipinski definition) is 8. The van der Waals surface area contributed by atoms with Gasteiger partial charge in [0, 0.05) is 12.7 Å². The predicted molar refractivity (Wildman–Crippen MR) is 140 cm³/mol. The van der Waals surface area contributed by atoms with Gasteiger partial charge in [-0.25, -0.2) is 42.0 Å². The lowest BCUT2D eigenvalue weighted by atomic mass is 10.0. The molecule has 0 saturated carbocycles. The first kappa shape index (κ1) is 24.1. The highest BCUT2D eigenvalue weighted by molar-refractivity contribution is 7.70. The van der Waals surface area contributed by atoms with Gasteiger partial charge in [-0.2, -0.15) is 0 Å². The molecule has 1 fully saturated rings. The maximum absolute atomic E-state index is 13.9. The summed E-state index contributed by atoms with van der Waals surface area (Å²) in [4.78, 5) is 20.0. The number of thiol groups is 1. The molecule has 1 aromatic carbocycles. The first-order chi connectivity index (χ1) is 18.5. The number of rotatable bonds is 7. The maximum Gasteiger partial charge on any atom is 0.201 e. The number of aromatic nitrogens is 6. The minimum Gasteiger partial charge on any atom is -0.348 e. The molecular weight excluding hydrogens is 507 g/mol. The zero-order chi connectivity index (χ0) is 26.1. The molecule has 1 atom stereocenters. The Kier molecular flexibility index (Phi) is 6.48. The highest BCUT2D eigenvalue weighted by atomic mass is 32.2. The van der Waals surface area contributed by atoms with Crippen LogP contribution in [-0.2, 0) is 17.4 Å². The van der Waals surface area contributed by atoms with Crippen LogP contribution in [-0.4, -0.2) is 44.5 Å². The molecular formula is C26H23FN8O2S. The van der Waals surface area contributed by atoms with Crippen LogP contribution in [0.4, 0.5) is 10.2 Å². The average Bonchev–Trinajstić information content (AvgIpc) is 3.59. The Labute approximate surface area is 219 Å². The first-order valence-corrected chi connectivity index (χ1v) is 13.3. The molecule has 0 aliphatic carbocycles. The van der Waals surface area contributed by atoms with E-state index in [2.05, 4.69) is 24.6 Å². The summed E-state index contributed by atoms with van der Waals surface area (Å²) in [6.45, 7) is 0.822. The van der Waals surface area contributed by atoms with Crippen LogP contribution in [0.2, 0.25) is 0 Å². The van der Waals surface area contributed by atoms with Crippen LogP contribution < -0.4 is 9.62 Å². The van der Waals surface area contributed by atoms with E-state index in [0.29, 0.717) is 34.2 Å². The largest absolute Gasteiger partial charge is 0.348 e. The van der Waals surface area contributed by atoms with Crippen LogP contribution in [0.3, 0.4) is 0 Å². The van der Waals surface area contributed by atoms with Gasteiger partial charge in [0.2, 0.25) is 10.9 Å². The number of benzene rings is 1. The minimum atomic E-state index is -2.74. The number of nitrogens with one attached hydrogen (secondary N) is 1. The monoisotopic (exact) mass is 530 g/mol. The SMILES string of the molecule is O=[SH](=O)NCc1nccc(-c2cccc(-c3cnc4ccc(N5CCCC5c5cccc(F)c5)nn34)n2)n1. The smallest absolute Gasteiger partial charge is 0.201 e. The number of imidazole rings is 1. The minimum absolute atomic E-state index is 0.000687. The molecule has 1 saturated heterocycles. The number of halogens is 1. The van der Waals surface area contributed by atoms with E-state index in [-0.39, 0.29) is 18.4 Å². The molecule has 1 unspecified atom stereocenters. The zero-order valence-electron chi connectivity index (χ0n) is 20.1. The summed E-state index contributed by atoms with van der Waals surface area (Å²) in [7, 11) is -2.74. The summed E-state index contributed by atoms with van der Waals surface area (Å²) >= 11 is 0. The highest BCUT2D eigenvalue weighted by Crippen LogP contribution is 2.35. The Bertz CT molecular complexity index is 1700. The van der Waals surface area contributed by atoms with Gasteiger partial charge in [0.15, 0.2) is 5.65 Å². The summed E-state index contributed by atoms with van der Waals surface area (Å²) in [5.41, 5.74) is 4.16. The fourth-order valence-electron chi connectivity index (χ4n) is 4.78. The lowest BCUT2D eigenvalue weighted by molar-refractivity contribution is 0.599. The number of pyridine rings is 1. The Morgan fingerprint density at radius 2 is 1.82 bits per heavy atom. The van der Waals surface area contributed by atoms with Gasteiger partial charge in [0.1, 0.15) is 23.2 Å². The molecule has 38 heavy (non-hydrogen) atoms. The summed E-state index contributed by atoms with van der Waals surface area (Å²) in [6, 6.07) is 17.9. The average molecular weight is 531 g/mol. The molecule has 0 bridgehead atoms. The van der Waals surface area contributed by atoms with Gasteiger partial charge in [0.05, 0.1) is 35.9 Å². The van der Waals surface area contributed by atoms with Crippen LogP contribution in [0.1, 0.15) is 30.3 Å². The van der Waals surface area contributed by atoms with E-state index in [0.717, 1.165) is 30.8 Å². The van der Waals surface area contributed by atoms with Crippen LogP contribution >= 0.6 is 0 Å². The lowest BCUT2D eigenvalue weighted by Gasteiger charge is -2.26. The summed E-state index contributed by atoms with van der Waals surface area (Å²) in [5, 5.41) is 4.90. The molecule has 0 amide bonds. The van der Waals surface area contributed by atoms with Crippen molar-refractivity contribution in [1.82, 2.24) is 34.3 Å². The Morgan fingerprint density at radius 3 is 2.68 bits per heavy atom. The quantitative estimate of drug-likeness (QED) is 0.308. The normalized spacial score (nSPS) is 15.5. The van der Waals surface area contributed by atoms with E-state index in [1.54, 1.807) is 35.1 Å². The Morgan fingerprint density at radius 1 is 0.974 bits per heavy atom. The maximum atomic E-state index is 13.9. The van der Waals surface area contributed by atoms with Crippen LogP contribution in [0.25, 0.3) is 28.4 Å². The second-order valence-electron chi connectivity index (χ2n) is 8.87. The molecule has 0 spiro atoms. The number of fused-ring (bicyclic) bond motifs is 1. The van der Waals surface area contributed by atoms with E-state index < -0.39 is 10.9 Å². The fraction of sp³-hybridized carbons (Fsp3) is 0.192. The number of nitrogens with zero attached hydrogens (tertiary/aromatic N) is 7. The lowest BCUT2D eigenvalue weighted by Crippen LogP contribution is -2.24. The van der Waals surface area contributed by atoms with Crippen LogP contribution in [0.5, 0.6) is 0 Å².